The van der Waals surface area contributed by atoms with Gasteiger partial charge in [0.05, 0.1) is 18.2 Å². The molecule has 1 fully saturated rings. The van der Waals surface area contributed by atoms with E-state index in [0.717, 1.165) is 28.5 Å². The molecule has 8 nitrogen and oxygen atoms in total. The first-order valence-electron chi connectivity index (χ1n) is 16.6. The van der Waals surface area contributed by atoms with Crippen LogP contribution in [0.4, 0.5) is 5.13 Å². The quantitative estimate of drug-likeness (QED) is 0.0440. The van der Waals surface area contributed by atoms with E-state index in [-0.39, 0.29) is 16.5 Å². The second-order valence-electron chi connectivity index (χ2n) is 12.2. The smallest absolute Gasteiger partial charge is 0.301 e. The summed E-state index contributed by atoms with van der Waals surface area (Å²) in [5.41, 5.74) is 4.32. The minimum Gasteiger partial charge on any atom is -0.507 e. The third-order valence-electron chi connectivity index (χ3n) is 8.56. The molecule has 10 heteroatoms. The number of amides is 1. The second-order valence-corrected chi connectivity index (χ2v) is 14.3. The summed E-state index contributed by atoms with van der Waals surface area (Å²) in [5.74, 6) is 0.0585. The topological polar surface area (TPSA) is 102 Å². The molecule has 256 valence electrons. The predicted octanol–water partition coefficient (Wildman–Crippen LogP) is 9.29. The Hall–Kier alpha value is -5.45. The highest BCUT2D eigenvalue weighted by Crippen LogP contribution is 2.44. The Labute approximate surface area is 304 Å². The van der Waals surface area contributed by atoms with Crippen molar-refractivity contribution in [2.45, 2.75) is 43.0 Å². The highest BCUT2D eigenvalue weighted by atomic mass is 32.2. The van der Waals surface area contributed by atoms with Gasteiger partial charge in [0, 0.05) is 11.3 Å². The van der Waals surface area contributed by atoms with Crippen molar-refractivity contribution in [3.8, 4) is 11.5 Å². The minimum atomic E-state index is -0.939. The van der Waals surface area contributed by atoms with Crippen LogP contribution in [0.5, 0.6) is 11.5 Å². The first-order chi connectivity index (χ1) is 24.9. The van der Waals surface area contributed by atoms with E-state index in [9.17, 15) is 14.7 Å². The van der Waals surface area contributed by atoms with Crippen LogP contribution in [0.25, 0.3) is 16.5 Å². The van der Waals surface area contributed by atoms with Gasteiger partial charge in [-0.2, -0.15) is 0 Å². The van der Waals surface area contributed by atoms with E-state index in [1.165, 1.54) is 33.4 Å². The Balaban J connectivity index is 1.18. The molecule has 6 aromatic rings. The molecule has 1 N–H and O–H groups in total. The fourth-order valence-corrected chi connectivity index (χ4v) is 7.93. The van der Waals surface area contributed by atoms with Gasteiger partial charge < -0.3 is 14.6 Å². The first-order valence-corrected chi connectivity index (χ1v) is 18.5. The lowest BCUT2D eigenvalue weighted by atomic mass is 9.95. The van der Waals surface area contributed by atoms with Gasteiger partial charge in [0.25, 0.3) is 5.78 Å². The van der Waals surface area contributed by atoms with Crippen LogP contribution in [0.3, 0.4) is 0 Å². The molecule has 0 spiro atoms. The lowest BCUT2D eigenvalue weighted by molar-refractivity contribution is -0.132. The molecule has 1 amide bonds. The number of Topliss-reactive ketones (excluding diaryl/α,β-unsaturated/α-hetero) is 1. The molecule has 1 unspecified atom stereocenters. The lowest BCUT2D eigenvalue weighted by Crippen LogP contribution is -2.29. The number of aliphatic hydroxyl groups excluding tert-OH is 1. The summed E-state index contributed by atoms with van der Waals surface area (Å²) in [7, 11) is 0. The molecular weight excluding hydrogens is 679 g/mol. The standard InChI is InChI=1S/C41H35N3O5S2/c1-3-22-48-32-18-14-29(15-19-32)36-35(37(45)30-16-20-33(21-17-30)49-24-27-9-6-8-26(2)23-27)38(46)39(47)44(36)40-42-43-41(51-40)50-25-31-12-7-11-28-10-4-5-13-34(28)31/h4-21,23,36,45H,3,22,24-25H2,1-2H3/b37-35+. The Kier molecular flexibility index (Phi) is 10.1. The summed E-state index contributed by atoms with van der Waals surface area (Å²) in [5, 5.41) is 23.0. The van der Waals surface area contributed by atoms with Crippen molar-refractivity contribution in [3.05, 3.63) is 149 Å². The van der Waals surface area contributed by atoms with Crippen LogP contribution in [-0.2, 0) is 21.9 Å². The first kappa shape index (κ1) is 34.0. The molecule has 7 rings (SSSR count). The van der Waals surface area contributed by atoms with Gasteiger partial charge in [-0.1, -0.05) is 114 Å². The molecule has 1 saturated heterocycles. The highest BCUT2D eigenvalue weighted by molar-refractivity contribution is 8.00. The zero-order valence-electron chi connectivity index (χ0n) is 28.1. The SMILES string of the molecule is CCCOc1ccc(C2/C(=C(\O)c3ccc(OCc4cccc(C)c4)cc3)C(=O)C(=O)N2c2nnc(SCc3cccc4ccccc34)s2)cc1. The van der Waals surface area contributed by atoms with E-state index >= 15 is 0 Å². The number of aromatic nitrogens is 2. The number of hydrogen-bond acceptors (Lipinski definition) is 9. The van der Waals surface area contributed by atoms with Gasteiger partial charge in [-0.25, -0.2) is 0 Å². The third kappa shape index (κ3) is 7.38. The van der Waals surface area contributed by atoms with Crippen LogP contribution in [0, 0.1) is 6.92 Å². The maximum Gasteiger partial charge on any atom is 0.301 e. The zero-order chi connectivity index (χ0) is 35.3. The number of carbonyl (C=O) groups excluding carboxylic acids is 2. The zero-order valence-corrected chi connectivity index (χ0v) is 29.7. The third-order valence-corrected chi connectivity index (χ3v) is 10.7. The number of aliphatic hydroxyl groups is 1. The number of hydrogen-bond donors (Lipinski definition) is 1. The average molecular weight is 714 g/mol. The summed E-state index contributed by atoms with van der Waals surface area (Å²) in [6.45, 7) is 5.01. The molecule has 1 aromatic heterocycles. The van der Waals surface area contributed by atoms with Gasteiger partial charge in [0.1, 0.15) is 23.9 Å². The number of benzene rings is 5. The van der Waals surface area contributed by atoms with Crippen LogP contribution in [-0.4, -0.2) is 33.6 Å². The van der Waals surface area contributed by atoms with E-state index in [4.69, 9.17) is 9.47 Å². The average Bonchev–Trinajstić information content (AvgIpc) is 3.73. The number of ketones is 1. The van der Waals surface area contributed by atoms with Crippen LogP contribution in [0.15, 0.2) is 125 Å². The number of anilines is 1. The molecule has 0 radical (unpaired) electrons. The van der Waals surface area contributed by atoms with Crippen molar-refractivity contribution in [2.75, 3.05) is 11.5 Å². The van der Waals surface area contributed by atoms with Crippen molar-refractivity contribution in [3.63, 3.8) is 0 Å². The summed E-state index contributed by atoms with van der Waals surface area (Å²) in [6, 6.07) is 35.6. The van der Waals surface area contributed by atoms with Crippen molar-refractivity contribution < 1.29 is 24.2 Å². The number of nitrogens with zero attached hydrogens (tertiary/aromatic N) is 3. The Bertz CT molecular complexity index is 2230. The molecule has 1 aliphatic heterocycles. The van der Waals surface area contributed by atoms with Crippen molar-refractivity contribution >= 4 is 56.5 Å². The molecule has 0 aliphatic carbocycles. The van der Waals surface area contributed by atoms with Crippen LogP contribution in [0.2, 0.25) is 0 Å². The lowest BCUT2D eigenvalue weighted by Gasteiger charge is -2.22. The largest absolute Gasteiger partial charge is 0.507 e. The number of carbonyl (C=O) groups is 2. The van der Waals surface area contributed by atoms with Crippen molar-refractivity contribution in [1.29, 1.82) is 0 Å². The summed E-state index contributed by atoms with van der Waals surface area (Å²) in [6.07, 6.45) is 0.857. The van der Waals surface area contributed by atoms with Gasteiger partial charge in [-0.05, 0) is 77.2 Å². The molecule has 2 heterocycles. The fourth-order valence-electron chi connectivity index (χ4n) is 6.06. The maximum absolute atomic E-state index is 13.8. The normalized spacial score (nSPS) is 15.4. The van der Waals surface area contributed by atoms with Gasteiger partial charge in [-0.15, -0.1) is 10.2 Å². The van der Waals surface area contributed by atoms with Crippen molar-refractivity contribution in [1.82, 2.24) is 10.2 Å². The number of ether oxygens (including phenoxy) is 2. The number of aryl methyl sites for hydroxylation is 1. The van der Waals surface area contributed by atoms with E-state index in [2.05, 4.69) is 40.5 Å². The molecule has 0 saturated carbocycles. The molecule has 1 aliphatic rings. The highest BCUT2D eigenvalue weighted by Gasteiger charge is 2.48. The Morgan fingerprint density at radius 2 is 1.59 bits per heavy atom. The van der Waals surface area contributed by atoms with Gasteiger partial charge in [0.15, 0.2) is 4.34 Å². The number of rotatable bonds is 12. The van der Waals surface area contributed by atoms with Crippen LogP contribution in [0.1, 0.15) is 47.2 Å². The van der Waals surface area contributed by atoms with Gasteiger partial charge >= 0.3 is 5.91 Å². The Morgan fingerprint density at radius 1 is 0.863 bits per heavy atom. The maximum atomic E-state index is 13.8. The molecule has 5 aromatic carbocycles. The Morgan fingerprint density at radius 3 is 2.37 bits per heavy atom. The molecule has 1 atom stereocenters. The predicted molar refractivity (Wildman–Crippen MR) is 202 cm³/mol. The summed E-state index contributed by atoms with van der Waals surface area (Å²) < 4.78 is 12.4. The second kappa shape index (κ2) is 15.2. The monoisotopic (exact) mass is 713 g/mol. The van der Waals surface area contributed by atoms with E-state index < -0.39 is 17.7 Å². The van der Waals surface area contributed by atoms with E-state index in [1.54, 1.807) is 48.5 Å². The van der Waals surface area contributed by atoms with Crippen LogP contribution < -0.4 is 14.4 Å². The van der Waals surface area contributed by atoms with Crippen LogP contribution >= 0.6 is 23.1 Å². The van der Waals surface area contributed by atoms with Gasteiger partial charge in [0.2, 0.25) is 5.13 Å². The van der Waals surface area contributed by atoms with Gasteiger partial charge in [-0.3, -0.25) is 14.5 Å². The number of thioether (sulfide) groups is 1. The molecular formula is C41H35N3O5S2. The fraction of sp³-hybridized carbons (Fsp3) is 0.171. The number of fused-ring (bicyclic) bond motifs is 1. The van der Waals surface area contributed by atoms with E-state index in [0.29, 0.717) is 45.9 Å². The summed E-state index contributed by atoms with van der Waals surface area (Å²) in [4.78, 5) is 28.9. The van der Waals surface area contributed by atoms with Crippen molar-refractivity contribution in [2.24, 2.45) is 0 Å². The van der Waals surface area contributed by atoms with E-state index in [1.807, 2.05) is 50.2 Å². The minimum absolute atomic E-state index is 0.0317. The molecule has 0 bridgehead atoms. The summed E-state index contributed by atoms with van der Waals surface area (Å²) >= 11 is 2.75. The molecule has 51 heavy (non-hydrogen) atoms.